The fraction of sp³-hybridized carbons (Fsp3) is 0.417. The van der Waals surface area contributed by atoms with Crippen molar-refractivity contribution in [3.05, 3.63) is 28.5 Å². The molecule has 2 unspecified atom stereocenters. The van der Waals surface area contributed by atoms with Crippen molar-refractivity contribution < 1.29 is 0 Å². The van der Waals surface area contributed by atoms with Gasteiger partial charge in [-0.05, 0) is 37.0 Å². The lowest BCUT2D eigenvalue weighted by Crippen LogP contribution is -2.18. The van der Waals surface area contributed by atoms with E-state index in [9.17, 15) is 0 Å². The highest BCUT2D eigenvalue weighted by Crippen LogP contribution is 2.45. The van der Waals surface area contributed by atoms with Crippen LogP contribution in [0.5, 0.6) is 0 Å². The van der Waals surface area contributed by atoms with Crippen molar-refractivity contribution in [2.45, 2.75) is 24.9 Å². The maximum absolute atomic E-state index is 4.65. The summed E-state index contributed by atoms with van der Waals surface area (Å²) in [5.74, 6) is 2.00. The first kappa shape index (κ1) is 9.19. The minimum Gasteiger partial charge on any atom is -0.341 e. The van der Waals surface area contributed by atoms with Gasteiger partial charge in [-0.15, -0.1) is 0 Å². The van der Waals surface area contributed by atoms with Crippen molar-refractivity contribution in [3.63, 3.8) is 0 Å². The molecule has 1 aromatic heterocycles. The summed E-state index contributed by atoms with van der Waals surface area (Å²) in [4.78, 5) is 8.07. The SMILES string of the molecule is Brc1ccc2nc([C@@H]3CC4CC4N3)[nH]c2c1. The average Bonchev–Trinajstić information content (AvgIpc) is 2.75. The number of benzene rings is 1. The normalized spacial score (nSPS) is 31.9. The molecule has 0 amide bonds. The number of hydrogen-bond donors (Lipinski definition) is 2. The Morgan fingerprint density at radius 3 is 3.06 bits per heavy atom. The highest BCUT2D eigenvalue weighted by molar-refractivity contribution is 9.10. The van der Waals surface area contributed by atoms with Crippen molar-refractivity contribution in [3.8, 4) is 0 Å². The Balaban J connectivity index is 1.75. The first-order valence-corrected chi connectivity index (χ1v) is 6.50. The molecule has 2 aliphatic rings. The molecule has 2 N–H and O–H groups in total. The summed E-state index contributed by atoms with van der Waals surface area (Å²) in [6.45, 7) is 0. The summed E-state index contributed by atoms with van der Waals surface area (Å²) in [5, 5.41) is 3.61. The third-order valence-electron chi connectivity index (χ3n) is 3.67. The predicted molar refractivity (Wildman–Crippen MR) is 66.2 cm³/mol. The van der Waals surface area contributed by atoms with Crippen molar-refractivity contribution in [2.24, 2.45) is 5.92 Å². The van der Waals surface area contributed by atoms with Crippen LogP contribution in [0.1, 0.15) is 24.7 Å². The van der Waals surface area contributed by atoms with Crippen LogP contribution in [-0.4, -0.2) is 16.0 Å². The monoisotopic (exact) mass is 277 g/mol. The lowest BCUT2D eigenvalue weighted by molar-refractivity contribution is 0.544. The van der Waals surface area contributed by atoms with Gasteiger partial charge in [-0.1, -0.05) is 15.9 Å². The number of rotatable bonds is 1. The zero-order valence-electron chi connectivity index (χ0n) is 8.70. The molecule has 2 heterocycles. The smallest absolute Gasteiger partial charge is 0.124 e. The number of imidazole rings is 1. The molecular formula is C12H12BrN3. The zero-order chi connectivity index (χ0) is 10.7. The van der Waals surface area contributed by atoms with Gasteiger partial charge in [0.15, 0.2) is 0 Å². The van der Waals surface area contributed by atoms with Gasteiger partial charge in [0.1, 0.15) is 5.82 Å². The Hall–Kier alpha value is -0.870. The first-order chi connectivity index (χ1) is 7.79. The number of aromatic nitrogens is 2. The van der Waals surface area contributed by atoms with Gasteiger partial charge < -0.3 is 10.3 Å². The van der Waals surface area contributed by atoms with E-state index in [4.69, 9.17) is 0 Å². The maximum atomic E-state index is 4.65. The van der Waals surface area contributed by atoms with Crippen LogP contribution in [0, 0.1) is 5.92 Å². The van der Waals surface area contributed by atoms with Gasteiger partial charge in [-0.25, -0.2) is 4.98 Å². The van der Waals surface area contributed by atoms with Crippen LogP contribution in [0.15, 0.2) is 22.7 Å². The predicted octanol–water partition coefficient (Wildman–Crippen LogP) is 2.75. The molecule has 1 aliphatic carbocycles. The quantitative estimate of drug-likeness (QED) is 0.842. The molecule has 16 heavy (non-hydrogen) atoms. The standard InChI is InChI=1S/C12H12BrN3/c13-7-1-2-8-10(5-7)16-12(15-8)11-4-6-3-9(6)14-11/h1-2,5-6,9,11,14H,3-4H2,(H,15,16)/t6?,9?,11-/m0/s1. The van der Waals surface area contributed by atoms with Crippen molar-refractivity contribution in [2.75, 3.05) is 0 Å². The van der Waals surface area contributed by atoms with E-state index in [1.807, 2.05) is 6.07 Å². The topological polar surface area (TPSA) is 40.7 Å². The van der Waals surface area contributed by atoms with Crippen LogP contribution < -0.4 is 5.32 Å². The molecule has 1 aliphatic heterocycles. The van der Waals surface area contributed by atoms with Gasteiger partial charge in [0.2, 0.25) is 0 Å². The molecule has 4 rings (SSSR count). The molecule has 0 radical (unpaired) electrons. The van der Waals surface area contributed by atoms with Gasteiger partial charge in [-0.2, -0.15) is 0 Å². The minimum absolute atomic E-state index is 0.440. The Morgan fingerprint density at radius 1 is 1.31 bits per heavy atom. The van der Waals surface area contributed by atoms with E-state index in [1.54, 1.807) is 0 Å². The highest BCUT2D eigenvalue weighted by Gasteiger charge is 2.46. The van der Waals surface area contributed by atoms with Crippen LogP contribution in [0.3, 0.4) is 0 Å². The van der Waals surface area contributed by atoms with E-state index in [2.05, 4.69) is 43.3 Å². The Kier molecular flexibility index (Phi) is 1.77. The minimum atomic E-state index is 0.440. The van der Waals surface area contributed by atoms with Gasteiger partial charge >= 0.3 is 0 Å². The second-order valence-electron chi connectivity index (χ2n) is 4.84. The third-order valence-corrected chi connectivity index (χ3v) is 4.16. The van der Waals surface area contributed by atoms with Gasteiger partial charge in [-0.3, -0.25) is 0 Å². The Bertz CT molecular complexity index is 552. The van der Waals surface area contributed by atoms with Crippen molar-refractivity contribution >= 4 is 27.0 Å². The zero-order valence-corrected chi connectivity index (χ0v) is 10.3. The fourth-order valence-electron chi connectivity index (χ4n) is 2.70. The summed E-state index contributed by atoms with van der Waals surface area (Å²) in [6.07, 6.45) is 2.61. The number of aromatic amines is 1. The molecule has 1 aromatic carbocycles. The molecule has 2 fully saturated rings. The number of hydrogen-bond acceptors (Lipinski definition) is 2. The molecule has 2 aromatic rings. The number of fused-ring (bicyclic) bond motifs is 2. The second kappa shape index (κ2) is 3.08. The number of H-pyrrole nitrogens is 1. The van der Waals surface area contributed by atoms with E-state index in [0.717, 1.165) is 33.3 Å². The fourth-order valence-corrected chi connectivity index (χ4v) is 3.06. The molecule has 0 bridgehead atoms. The van der Waals surface area contributed by atoms with Gasteiger partial charge in [0.25, 0.3) is 0 Å². The Morgan fingerprint density at radius 2 is 2.25 bits per heavy atom. The molecule has 1 saturated heterocycles. The largest absolute Gasteiger partial charge is 0.341 e. The number of nitrogens with zero attached hydrogens (tertiary/aromatic N) is 1. The maximum Gasteiger partial charge on any atom is 0.124 e. The van der Waals surface area contributed by atoms with Crippen LogP contribution in [0.4, 0.5) is 0 Å². The molecule has 0 spiro atoms. The molecule has 4 heteroatoms. The van der Waals surface area contributed by atoms with Crippen LogP contribution in [0.2, 0.25) is 0 Å². The van der Waals surface area contributed by atoms with E-state index in [-0.39, 0.29) is 0 Å². The van der Waals surface area contributed by atoms with E-state index in [1.165, 1.54) is 12.8 Å². The summed E-state index contributed by atoms with van der Waals surface area (Å²) in [5.41, 5.74) is 2.17. The summed E-state index contributed by atoms with van der Waals surface area (Å²) >= 11 is 3.48. The molecule has 82 valence electrons. The van der Waals surface area contributed by atoms with E-state index in [0.29, 0.717) is 6.04 Å². The number of nitrogens with one attached hydrogen (secondary N) is 2. The van der Waals surface area contributed by atoms with E-state index < -0.39 is 0 Å². The van der Waals surface area contributed by atoms with Crippen molar-refractivity contribution in [1.82, 2.24) is 15.3 Å². The average molecular weight is 278 g/mol. The van der Waals surface area contributed by atoms with Crippen molar-refractivity contribution in [1.29, 1.82) is 0 Å². The van der Waals surface area contributed by atoms with Crippen LogP contribution in [-0.2, 0) is 0 Å². The van der Waals surface area contributed by atoms with Crippen LogP contribution in [0.25, 0.3) is 11.0 Å². The summed E-state index contributed by atoms with van der Waals surface area (Å²) in [6, 6.07) is 7.38. The van der Waals surface area contributed by atoms with E-state index >= 15 is 0 Å². The second-order valence-corrected chi connectivity index (χ2v) is 5.76. The Labute approximate surface area is 102 Å². The molecule has 3 atom stereocenters. The third kappa shape index (κ3) is 1.33. The molecule has 1 saturated carbocycles. The first-order valence-electron chi connectivity index (χ1n) is 5.71. The molecule has 3 nitrogen and oxygen atoms in total. The van der Waals surface area contributed by atoms with Gasteiger partial charge in [0.05, 0.1) is 17.1 Å². The highest BCUT2D eigenvalue weighted by atomic mass is 79.9. The van der Waals surface area contributed by atoms with Crippen LogP contribution >= 0.6 is 15.9 Å². The van der Waals surface area contributed by atoms with Gasteiger partial charge in [0, 0.05) is 10.5 Å². The molecular weight excluding hydrogens is 266 g/mol. The number of halogens is 1. The number of piperidine rings is 1. The summed E-state index contributed by atoms with van der Waals surface area (Å²) < 4.78 is 1.09. The lowest BCUT2D eigenvalue weighted by Gasteiger charge is -2.08. The summed E-state index contributed by atoms with van der Waals surface area (Å²) in [7, 11) is 0. The lowest BCUT2D eigenvalue weighted by atomic mass is 10.2.